The van der Waals surface area contributed by atoms with E-state index < -0.39 is 0 Å². The Morgan fingerprint density at radius 2 is 2.25 bits per heavy atom. The number of nitrogens with zero attached hydrogens (tertiary/aromatic N) is 2. The monoisotopic (exact) mass is 290 g/mol. The predicted octanol–water partition coefficient (Wildman–Crippen LogP) is 3.25. The van der Waals surface area contributed by atoms with Gasteiger partial charge in [-0.3, -0.25) is 4.68 Å². The number of aliphatic hydroxyl groups is 1. The minimum absolute atomic E-state index is 0.274. The first kappa shape index (κ1) is 14.0. The van der Waals surface area contributed by atoms with Crippen LogP contribution in [0.1, 0.15) is 31.9 Å². The molecule has 1 aromatic heterocycles. The molecule has 4 heteroatoms. The van der Waals surface area contributed by atoms with Crippen molar-refractivity contribution in [3.05, 3.63) is 30.0 Å². The highest BCUT2D eigenvalue weighted by Crippen LogP contribution is 2.30. The van der Waals surface area contributed by atoms with E-state index in [-0.39, 0.29) is 6.10 Å². The second kappa shape index (κ2) is 6.19. The van der Waals surface area contributed by atoms with Crippen LogP contribution in [-0.4, -0.2) is 32.0 Å². The van der Waals surface area contributed by atoms with E-state index in [4.69, 9.17) is 5.10 Å². The molecule has 1 saturated heterocycles. The van der Waals surface area contributed by atoms with Crippen LogP contribution in [0.25, 0.3) is 10.9 Å². The number of hydrogen-bond donors (Lipinski definition) is 1. The van der Waals surface area contributed by atoms with Crippen LogP contribution in [0.15, 0.2) is 24.3 Å². The molecule has 3 rings (SSSR count). The molecule has 108 valence electrons. The first-order chi connectivity index (χ1) is 9.79. The van der Waals surface area contributed by atoms with Crippen molar-refractivity contribution < 1.29 is 5.11 Å². The van der Waals surface area contributed by atoms with E-state index in [0.29, 0.717) is 11.7 Å². The molecule has 0 aliphatic carbocycles. The van der Waals surface area contributed by atoms with Crippen molar-refractivity contribution in [2.45, 2.75) is 50.5 Å². The lowest BCUT2D eigenvalue weighted by atomic mass is 10.0. The highest BCUT2D eigenvalue weighted by atomic mass is 32.2. The summed E-state index contributed by atoms with van der Waals surface area (Å²) in [5.74, 6) is 1.19. The Hall–Kier alpha value is -1.00. The molecule has 2 aromatic rings. The van der Waals surface area contributed by atoms with Gasteiger partial charge in [0.2, 0.25) is 0 Å². The van der Waals surface area contributed by atoms with Crippen molar-refractivity contribution in [2.75, 3.05) is 5.75 Å². The highest BCUT2D eigenvalue weighted by molar-refractivity contribution is 8.00. The minimum atomic E-state index is -0.274. The second-order valence-corrected chi connectivity index (χ2v) is 6.80. The molecule has 3 nitrogen and oxygen atoms in total. The predicted molar refractivity (Wildman–Crippen MR) is 85.2 cm³/mol. The lowest BCUT2D eigenvalue weighted by Crippen LogP contribution is -2.28. The summed E-state index contributed by atoms with van der Waals surface area (Å²) >= 11 is 1.92. The molecule has 1 aliphatic heterocycles. The fraction of sp³-hybridized carbons (Fsp3) is 0.562. The Labute approximate surface area is 124 Å². The SMILES string of the molecule is CCn1nc(CC(O)C2CCCCS2)c2ccccc21. The molecule has 0 amide bonds. The summed E-state index contributed by atoms with van der Waals surface area (Å²) in [5.41, 5.74) is 2.22. The van der Waals surface area contributed by atoms with Gasteiger partial charge in [-0.2, -0.15) is 16.9 Å². The van der Waals surface area contributed by atoms with Gasteiger partial charge in [0.15, 0.2) is 0 Å². The zero-order valence-electron chi connectivity index (χ0n) is 12.0. The number of aromatic nitrogens is 2. The number of aryl methyl sites for hydroxylation is 1. The lowest BCUT2D eigenvalue weighted by molar-refractivity contribution is 0.165. The Morgan fingerprint density at radius 1 is 1.40 bits per heavy atom. The zero-order chi connectivity index (χ0) is 13.9. The van der Waals surface area contributed by atoms with E-state index in [1.54, 1.807) is 0 Å². The van der Waals surface area contributed by atoms with Gasteiger partial charge in [0.1, 0.15) is 0 Å². The van der Waals surface area contributed by atoms with E-state index in [0.717, 1.165) is 18.7 Å². The highest BCUT2D eigenvalue weighted by Gasteiger charge is 2.24. The second-order valence-electron chi connectivity index (χ2n) is 5.46. The van der Waals surface area contributed by atoms with Gasteiger partial charge in [0.05, 0.1) is 17.3 Å². The molecule has 20 heavy (non-hydrogen) atoms. The van der Waals surface area contributed by atoms with Crippen molar-refractivity contribution in [3.8, 4) is 0 Å². The van der Waals surface area contributed by atoms with E-state index in [2.05, 4.69) is 25.1 Å². The molecule has 1 N–H and O–H groups in total. The van der Waals surface area contributed by atoms with Crippen LogP contribution < -0.4 is 0 Å². The first-order valence-corrected chi connectivity index (χ1v) is 8.58. The van der Waals surface area contributed by atoms with Gasteiger partial charge in [-0.05, 0) is 31.6 Å². The van der Waals surface area contributed by atoms with Crippen molar-refractivity contribution >= 4 is 22.7 Å². The fourth-order valence-corrected chi connectivity index (χ4v) is 4.31. The summed E-state index contributed by atoms with van der Waals surface area (Å²) < 4.78 is 2.03. The fourth-order valence-electron chi connectivity index (χ4n) is 2.99. The van der Waals surface area contributed by atoms with Gasteiger partial charge >= 0.3 is 0 Å². The van der Waals surface area contributed by atoms with Gasteiger partial charge in [-0.15, -0.1) is 0 Å². The minimum Gasteiger partial charge on any atom is -0.392 e. The Bertz CT molecular complexity index is 575. The normalized spacial score (nSPS) is 21.2. The molecule has 0 saturated carbocycles. The van der Waals surface area contributed by atoms with Crippen molar-refractivity contribution in [1.29, 1.82) is 0 Å². The number of fused-ring (bicyclic) bond motifs is 1. The number of thioether (sulfide) groups is 1. The third-order valence-electron chi connectivity index (χ3n) is 4.08. The average Bonchev–Trinajstić information content (AvgIpc) is 2.86. The van der Waals surface area contributed by atoms with Crippen LogP contribution in [0.3, 0.4) is 0 Å². The van der Waals surface area contributed by atoms with Gasteiger partial charge in [-0.1, -0.05) is 24.6 Å². The molecule has 1 aliphatic rings. The van der Waals surface area contributed by atoms with Gasteiger partial charge in [0.25, 0.3) is 0 Å². The quantitative estimate of drug-likeness (QED) is 0.939. The van der Waals surface area contributed by atoms with Crippen LogP contribution >= 0.6 is 11.8 Å². The third-order valence-corrected chi connectivity index (χ3v) is 5.58. The van der Waals surface area contributed by atoms with E-state index in [1.165, 1.54) is 29.5 Å². The maximum atomic E-state index is 10.5. The van der Waals surface area contributed by atoms with E-state index in [1.807, 2.05) is 22.5 Å². The molecule has 2 unspecified atom stereocenters. The van der Waals surface area contributed by atoms with Crippen LogP contribution in [0.5, 0.6) is 0 Å². The smallest absolute Gasteiger partial charge is 0.0729 e. The summed E-state index contributed by atoms with van der Waals surface area (Å²) in [6, 6.07) is 8.32. The molecular weight excluding hydrogens is 268 g/mol. The summed E-state index contributed by atoms with van der Waals surface area (Å²) in [5, 5.41) is 16.8. The largest absolute Gasteiger partial charge is 0.392 e. The van der Waals surface area contributed by atoms with Crippen molar-refractivity contribution in [3.63, 3.8) is 0 Å². The summed E-state index contributed by atoms with van der Waals surface area (Å²) in [6.45, 7) is 2.98. The molecule has 0 bridgehead atoms. The summed E-state index contributed by atoms with van der Waals surface area (Å²) in [7, 11) is 0. The van der Waals surface area contributed by atoms with Gasteiger partial charge < -0.3 is 5.11 Å². The third kappa shape index (κ3) is 2.72. The molecule has 0 radical (unpaired) electrons. The van der Waals surface area contributed by atoms with E-state index >= 15 is 0 Å². The molecule has 2 atom stereocenters. The van der Waals surface area contributed by atoms with Crippen molar-refractivity contribution in [2.24, 2.45) is 0 Å². The number of rotatable bonds is 4. The standard InChI is InChI=1S/C16H22N2OS/c1-2-18-14-8-4-3-7-12(14)13(17-18)11-15(19)16-9-5-6-10-20-16/h3-4,7-8,15-16,19H,2,5-6,9-11H2,1H3. The topological polar surface area (TPSA) is 38.0 Å². The van der Waals surface area contributed by atoms with Gasteiger partial charge in [0, 0.05) is 23.6 Å². The Morgan fingerprint density at radius 3 is 3.00 bits per heavy atom. The van der Waals surface area contributed by atoms with Crippen LogP contribution in [0, 0.1) is 0 Å². The molecule has 2 heterocycles. The summed E-state index contributed by atoms with van der Waals surface area (Å²) in [4.78, 5) is 0. The zero-order valence-corrected chi connectivity index (χ0v) is 12.8. The first-order valence-electron chi connectivity index (χ1n) is 7.53. The maximum absolute atomic E-state index is 10.5. The molecular formula is C16H22N2OS. The number of hydrogen-bond acceptors (Lipinski definition) is 3. The molecule has 1 fully saturated rings. The number of aliphatic hydroxyl groups excluding tert-OH is 1. The van der Waals surface area contributed by atoms with Crippen LogP contribution in [0.2, 0.25) is 0 Å². The summed E-state index contributed by atoms with van der Waals surface area (Å²) in [6.07, 6.45) is 4.08. The van der Waals surface area contributed by atoms with Gasteiger partial charge in [-0.25, -0.2) is 0 Å². The number of benzene rings is 1. The molecule has 0 spiro atoms. The van der Waals surface area contributed by atoms with Crippen LogP contribution in [-0.2, 0) is 13.0 Å². The maximum Gasteiger partial charge on any atom is 0.0729 e. The lowest BCUT2D eigenvalue weighted by Gasteiger charge is -2.25. The Balaban J connectivity index is 1.83. The molecule has 1 aromatic carbocycles. The van der Waals surface area contributed by atoms with Crippen molar-refractivity contribution in [1.82, 2.24) is 9.78 Å². The van der Waals surface area contributed by atoms with Crippen LogP contribution in [0.4, 0.5) is 0 Å². The Kier molecular flexibility index (Phi) is 4.32. The average molecular weight is 290 g/mol. The number of para-hydroxylation sites is 1. The van der Waals surface area contributed by atoms with E-state index in [9.17, 15) is 5.11 Å².